The van der Waals surface area contributed by atoms with Crippen molar-refractivity contribution in [2.45, 2.75) is 98.1 Å². The Hall–Kier alpha value is 0.718. The van der Waals surface area contributed by atoms with Crippen LogP contribution in [-0.2, 0) is 20.4 Å². The van der Waals surface area contributed by atoms with E-state index >= 15 is 0 Å². The number of hydrogen-bond acceptors (Lipinski definition) is 0. The van der Waals surface area contributed by atoms with Crippen molar-refractivity contribution in [3.63, 3.8) is 0 Å². The van der Waals surface area contributed by atoms with E-state index in [1.165, 1.54) is 30.5 Å². The molecule has 1 aromatic carbocycles. The smallest absolute Gasteiger partial charge is 1.00 e. The van der Waals surface area contributed by atoms with E-state index in [1.54, 1.807) is 31.0 Å². The van der Waals surface area contributed by atoms with Gasteiger partial charge in [0.25, 0.3) is 0 Å². The van der Waals surface area contributed by atoms with E-state index in [4.69, 9.17) is 0 Å². The normalized spacial score (nSPS) is 19.1. The van der Waals surface area contributed by atoms with Crippen molar-refractivity contribution in [3.8, 4) is 0 Å². The SMILES string of the molecule is CCC[Si](CCC)(c1cc(C)cc([Si](C)(C)C)c1)C1(C)C(C)=C(C)C(C)=[C]1[Ti+3].[Cl-].[Cl-].[Cl-]. The van der Waals surface area contributed by atoms with Gasteiger partial charge in [0, 0.05) is 0 Å². The Labute approximate surface area is 225 Å². The molecule has 0 saturated heterocycles. The third-order valence-electron chi connectivity index (χ3n) is 7.56. The van der Waals surface area contributed by atoms with Gasteiger partial charge in [-0.3, -0.25) is 0 Å². The predicted molar refractivity (Wildman–Crippen MR) is 129 cm³/mol. The topological polar surface area (TPSA) is 0 Å². The molecule has 0 bridgehead atoms. The first-order chi connectivity index (χ1) is 12.9. The van der Waals surface area contributed by atoms with Gasteiger partial charge >= 0.3 is 189 Å². The van der Waals surface area contributed by atoms with Gasteiger partial charge in [0.05, 0.1) is 0 Å². The zero-order chi connectivity index (χ0) is 21.5. The first-order valence-corrected chi connectivity index (χ1v) is 17.8. The second-order valence-electron chi connectivity index (χ2n) is 10.3. The van der Waals surface area contributed by atoms with Crippen molar-refractivity contribution >= 4 is 26.5 Å². The third-order valence-corrected chi connectivity index (χ3v) is 18.0. The van der Waals surface area contributed by atoms with Gasteiger partial charge in [-0.25, -0.2) is 0 Å². The van der Waals surface area contributed by atoms with Crippen LogP contribution in [0.15, 0.2) is 38.8 Å². The van der Waals surface area contributed by atoms with Crippen LogP contribution in [0.4, 0.5) is 0 Å². The quantitative estimate of drug-likeness (QED) is 0.343. The van der Waals surface area contributed by atoms with Crippen molar-refractivity contribution in [1.29, 1.82) is 0 Å². The zero-order valence-electron chi connectivity index (χ0n) is 21.2. The summed E-state index contributed by atoms with van der Waals surface area (Å²) in [5, 5.41) is 3.62. The molecule has 0 heterocycles. The standard InChI is InChI=1S/C25H41Si2.3ClH.Ti/c1-11-13-27(14-12-2,25(7)18-20(4)21(5)22(25)6)24-16-19(3)15-23(17-24)26(8,9)10;;;;/h15-17H,11-14H2,1-10H3;3*1H;/q;;;;+3/p-3. The molecule has 174 valence electrons. The van der Waals surface area contributed by atoms with Crippen molar-refractivity contribution in [1.82, 2.24) is 0 Å². The number of aryl methyl sites for hydroxylation is 1. The summed E-state index contributed by atoms with van der Waals surface area (Å²) < 4.78 is 1.66. The summed E-state index contributed by atoms with van der Waals surface area (Å²) in [5.41, 5.74) is 6.24. The second-order valence-corrected chi connectivity index (χ2v) is 20.9. The van der Waals surface area contributed by atoms with Crippen LogP contribution in [0.5, 0.6) is 0 Å². The monoisotopic (exact) mass is 550 g/mol. The van der Waals surface area contributed by atoms with Crippen molar-refractivity contribution in [2.24, 2.45) is 0 Å². The minimum atomic E-state index is -1.81. The minimum absolute atomic E-state index is 0. The molecule has 1 aromatic rings. The number of halogens is 3. The van der Waals surface area contributed by atoms with Gasteiger partial charge in [-0.1, -0.05) is 0 Å². The summed E-state index contributed by atoms with van der Waals surface area (Å²) in [7, 11) is -3.16. The van der Waals surface area contributed by atoms with Gasteiger partial charge in [-0.05, 0) is 0 Å². The van der Waals surface area contributed by atoms with Crippen LogP contribution in [0.1, 0.15) is 59.9 Å². The Morgan fingerprint density at radius 3 is 1.58 bits per heavy atom. The fourth-order valence-corrected chi connectivity index (χ4v) is 15.3. The Bertz CT molecular complexity index is 793. The summed E-state index contributed by atoms with van der Waals surface area (Å²) in [6, 6.07) is 10.5. The summed E-state index contributed by atoms with van der Waals surface area (Å²) in [4.78, 5) is 0. The van der Waals surface area contributed by atoms with Gasteiger partial charge in [-0.2, -0.15) is 0 Å². The van der Waals surface area contributed by atoms with Gasteiger partial charge in [0.15, 0.2) is 0 Å². The summed E-state index contributed by atoms with van der Waals surface area (Å²) >= 11 is 2.44. The van der Waals surface area contributed by atoms with Crippen LogP contribution in [0.25, 0.3) is 0 Å². The molecule has 0 nitrogen and oxygen atoms in total. The fraction of sp³-hybridized carbons (Fsp3) is 0.600. The molecule has 0 amide bonds. The number of rotatable bonds is 7. The maximum atomic E-state index is 2.67. The molecule has 0 N–H and O–H groups in total. The van der Waals surface area contributed by atoms with Crippen molar-refractivity contribution in [3.05, 3.63) is 44.4 Å². The maximum absolute atomic E-state index is 2.67. The molecule has 0 radical (unpaired) electrons. The maximum Gasteiger partial charge on any atom is -1.00 e. The van der Waals surface area contributed by atoms with Crippen LogP contribution in [0.3, 0.4) is 0 Å². The molecule has 0 fully saturated rings. The van der Waals surface area contributed by atoms with Gasteiger partial charge in [0.2, 0.25) is 0 Å². The van der Waals surface area contributed by atoms with Crippen LogP contribution >= 0.6 is 0 Å². The van der Waals surface area contributed by atoms with Crippen LogP contribution < -0.4 is 47.6 Å². The average molecular weight is 552 g/mol. The molecule has 0 saturated carbocycles. The summed E-state index contributed by atoms with van der Waals surface area (Å²) in [6.07, 6.45) is 2.58. The predicted octanol–water partition coefficient (Wildman–Crippen LogP) is -2.04. The molecule has 31 heavy (non-hydrogen) atoms. The van der Waals surface area contributed by atoms with Crippen LogP contribution in [0.2, 0.25) is 36.8 Å². The van der Waals surface area contributed by atoms with Gasteiger partial charge in [0.1, 0.15) is 0 Å². The molecule has 1 aliphatic carbocycles. The van der Waals surface area contributed by atoms with Crippen LogP contribution in [-0.4, -0.2) is 16.1 Å². The first-order valence-electron chi connectivity index (χ1n) is 11.1. The number of benzene rings is 1. The second kappa shape index (κ2) is 12.4. The first kappa shape index (κ1) is 33.9. The van der Waals surface area contributed by atoms with E-state index in [-0.39, 0.29) is 42.3 Å². The van der Waals surface area contributed by atoms with E-state index in [0.29, 0.717) is 0 Å². The van der Waals surface area contributed by atoms with Crippen molar-refractivity contribution in [2.75, 3.05) is 0 Å². The van der Waals surface area contributed by atoms with E-state index in [0.717, 1.165) is 0 Å². The molecule has 0 spiro atoms. The van der Waals surface area contributed by atoms with Gasteiger partial charge < -0.3 is 37.2 Å². The molecule has 2 rings (SSSR count). The van der Waals surface area contributed by atoms with E-state index in [1.807, 2.05) is 0 Å². The number of allylic oxidation sites excluding steroid dienone is 4. The zero-order valence-corrected chi connectivity index (χ0v) is 27.0. The Kier molecular flexibility index (Phi) is 13.6. The summed E-state index contributed by atoms with van der Waals surface area (Å²) in [5.74, 6) is 0. The Morgan fingerprint density at radius 2 is 1.23 bits per heavy atom. The molecule has 6 heteroatoms. The van der Waals surface area contributed by atoms with E-state index in [2.05, 4.69) is 107 Å². The fourth-order valence-electron chi connectivity index (χ4n) is 5.55. The third kappa shape index (κ3) is 5.87. The van der Waals surface area contributed by atoms with E-state index < -0.39 is 16.1 Å². The molecule has 1 unspecified atom stereocenters. The van der Waals surface area contributed by atoms with Crippen LogP contribution in [0, 0.1) is 6.92 Å². The molecular formula is C25H41Cl3Si2Ti. The molecule has 1 atom stereocenters. The van der Waals surface area contributed by atoms with E-state index in [9.17, 15) is 0 Å². The molecule has 0 aromatic heterocycles. The number of hydrogen-bond donors (Lipinski definition) is 0. The Balaban J connectivity index is 0. The molecule has 0 aliphatic heterocycles. The molecular weight excluding hydrogens is 511 g/mol. The van der Waals surface area contributed by atoms with Gasteiger partial charge in [-0.15, -0.1) is 0 Å². The summed E-state index contributed by atoms with van der Waals surface area (Å²) in [6.45, 7) is 24.4. The largest absolute Gasteiger partial charge is 1.00 e. The average Bonchev–Trinajstić information content (AvgIpc) is 2.76. The minimum Gasteiger partial charge on any atom is -1.00 e. The van der Waals surface area contributed by atoms with Crippen molar-refractivity contribution < 1.29 is 57.7 Å². The molecule has 1 aliphatic rings. The Morgan fingerprint density at radius 1 is 0.774 bits per heavy atom.